The Hall–Kier alpha value is -2.12. The lowest BCUT2D eigenvalue weighted by Crippen LogP contribution is -2.42. The number of hydrogen-bond acceptors (Lipinski definition) is 6. The zero-order valence-corrected chi connectivity index (χ0v) is 19.9. The van der Waals surface area contributed by atoms with Crippen molar-refractivity contribution in [1.82, 2.24) is 15.1 Å². The first-order chi connectivity index (χ1) is 16.1. The first kappa shape index (κ1) is 22.7. The van der Waals surface area contributed by atoms with Gasteiger partial charge >= 0.3 is 0 Å². The quantitative estimate of drug-likeness (QED) is 0.705. The van der Waals surface area contributed by atoms with E-state index >= 15 is 0 Å². The highest BCUT2D eigenvalue weighted by molar-refractivity contribution is 5.57. The van der Waals surface area contributed by atoms with E-state index in [0.29, 0.717) is 12.6 Å². The zero-order chi connectivity index (χ0) is 22.6. The molecule has 1 atom stereocenters. The summed E-state index contributed by atoms with van der Waals surface area (Å²) in [4.78, 5) is 7.13. The lowest BCUT2D eigenvalue weighted by Gasteiger charge is -2.32. The lowest BCUT2D eigenvalue weighted by atomic mass is 10.00. The molecule has 178 valence electrons. The van der Waals surface area contributed by atoms with Gasteiger partial charge in [-0.05, 0) is 55.1 Å². The maximum absolute atomic E-state index is 10.9. The van der Waals surface area contributed by atoms with Crippen LogP contribution in [0.25, 0.3) is 0 Å². The second-order valence-electron chi connectivity index (χ2n) is 9.92. The van der Waals surface area contributed by atoms with E-state index in [0.717, 1.165) is 77.4 Å². The van der Waals surface area contributed by atoms with Gasteiger partial charge in [0.05, 0.1) is 6.10 Å². The van der Waals surface area contributed by atoms with Gasteiger partial charge in [0.2, 0.25) is 0 Å². The van der Waals surface area contributed by atoms with Gasteiger partial charge in [-0.3, -0.25) is 9.80 Å². The van der Waals surface area contributed by atoms with Gasteiger partial charge < -0.3 is 20.1 Å². The SMILES string of the molecule is CN1CCN(CC(O)CN2CCc3ccccc3C2)Cc2ccc(OC3CCNCC3)cc21. The van der Waals surface area contributed by atoms with Crippen LogP contribution in [0.5, 0.6) is 5.75 Å². The van der Waals surface area contributed by atoms with Crippen LogP contribution in [0.4, 0.5) is 5.69 Å². The van der Waals surface area contributed by atoms with Gasteiger partial charge in [0.15, 0.2) is 0 Å². The van der Waals surface area contributed by atoms with E-state index in [1.54, 1.807) is 0 Å². The van der Waals surface area contributed by atoms with Crippen LogP contribution in [-0.4, -0.2) is 80.0 Å². The average molecular weight is 451 g/mol. The molecule has 0 bridgehead atoms. The monoisotopic (exact) mass is 450 g/mol. The number of β-amino-alcohol motifs (C(OH)–C–C–N with tert-alkyl or cyclic N) is 1. The molecule has 5 rings (SSSR count). The summed E-state index contributed by atoms with van der Waals surface area (Å²) in [5.74, 6) is 0.978. The Balaban J connectivity index is 1.18. The number of likely N-dealkylation sites (N-methyl/N-ethyl adjacent to an activating group) is 1. The normalized spacial score (nSPS) is 21.2. The third-order valence-corrected chi connectivity index (χ3v) is 7.35. The number of hydrogen-bond donors (Lipinski definition) is 2. The van der Waals surface area contributed by atoms with Crippen molar-refractivity contribution in [3.05, 3.63) is 59.2 Å². The number of nitrogens with zero attached hydrogens (tertiary/aromatic N) is 3. The highest BCUT2D eigenvalue weighted by Gasteiger charge is 2.23. The minimum Gasteiger partial charge on any atom is -0.490 e. The largest absolute Gasteiger partial charge is 0.490 e. The molecule has 1 saturated heterocycles. The molecule has 3 heterocycles. The lowest BCUT2D eigenvalue weighted by molar-refractivity contribution is 0.0682. The third kappa shape index (κ3) is 5.69. The van der Waals surface area contributed by atoms with E-state index in [1.165, 1.54) is 22.4 Å². The van der Waals surface area contributed by atoms with Crippen molar-refractivity contribution in [2.45, 2.75) is 44.6 Å². The number of benzene rings is 2. The van der Waals surface area contributed by atoms with E-state index in [4.69, 9.17) is 4.74 Å². The fourth-order valence-electron chi connectivity index (χ4n) is 5.46. The maximum Gasteiger partial charge on any atom is 0.121 e. The van der Waals surface area contributed by atoms with E-state index in [9.17, 15) is 5.11 Å². The molecule has 2 N–H and O–H groups in total. The predicted molar refractivity (Wildman–Crippen MR) is 133 cm³/mol. The number of ether oxygens (including phenoxy) is 1. The first-order valence-corrected chi connectivity index (χ1v) is 12.5. The van der Waals surface area contributed by atoms with Gasteiger partial charge in [0.25, 0.3) is 0 Å². The van der Waals surface area contributed by atoms with Crippen LogP contribution in [-0.2, 0) is 19.5 Å². The molecule has 2 aromatic carbocycles. The van der Waals surface area contributed by atoms with Gasteiger partial charge in [0.1, 0.15) is 11.9 Å². The van der Waals surface area contributed by atoms with E-state index < -0.39 is 0 Å². The van der Waals surface area contributed by atoms with Crippen molar-refractivity contribution >= 4 is 5.69 Å². The molecule has 0 amide bonds. The molecule has 6 heteroatoms. The Bertz CT molecular complexity index is 930. The van der Waals surface area contributed by atoms with Crippen LogP contribution in [0.3, 0.4) is 0 Å². The number of aliphatic hydroxyl groups is 1. The molecule has 1 fully saturated rings. The summed E-state index contributed by atoms with van der Waals surface area (Å²) in [6.45, 7) is 8.26. The summed E-state index contributed by atoms with van der Waals surface area (Å²) in [6.07, 6.45) is 3.19. The van der Waals surface area contributed by atoms with Crippen LogP contribution in [0.15, 0.2) is 42.5 Å². The van der Waals surface area contributed by atoms with Gasteiger partial charge in [-0.15, -0.1) is 0 Å². The highest BCUT2D eigenvalue weighted by atomic mass is 16.5. The van der Waals surface area contributed by atoms with E-state index in [1.807, 2.05) is 0 Å². The predicted octanol–water partition coefficient (Wildman–Crippen LogP) is 2.49. The first-order valence-electron chi connectivity index (χ1n) is 12.5. The molecule has 3 aliphatic heterocycles. The summed E-state index contributed by atoms with van der Waals surface area (Å²) < 4.78 is 6.29. The number of anilines is 1. The summed E-state index contributed by atoms with van der Waals surface area (Å²) >= 11 is 0. The van der Waals surface area contributed by atoms with Crippen LogP contribution in [0.2, 0.25) is 0 Å². The molecule has 6 nitrogen and oxygen atoms in total. The number of aliphatic hydroxyl groups excluding tert-OH is 1. The number of nitrogens with one attached hydrogen (secondary N) is 1. The van der Waals surface area contributed by atoms with Crippen LogP contribution < -0.4 is 15.0 Å². The highest BCUT2D eigenvalue weighted by Crippen LogP contribution is 2.30. The average Bonchev–Trinajstić information content (AvgIpc) is 2.98. The third-order valence-electron chi connectivity index (χ3n) is 7.35. The molecular weight excluding hydrogens is 412 g/mol. The van der Waals surface area contributed by atoms with Crippen molar-refractivity contribution in [2.75, 3.05) is 57.8 Å². The van der Waals surface area contributed by atoms with Crippen molar-refractivity contribution in [1.29, 1.82) is 0 Å². The molecule has 0 radical (unpaired) electrons. The molecule has 33 heavy (non-hydrogen) atoms. The molecule has 2 aromatic rings. The van der Waals surface area contributed by atoms with E-state index in [2.05, 4.69) is 69.5 Å². The number of rotatable bonds is 6. The topological polar surface area (TPSA) is 51.2 Å². The van der Waals surface area contributed by atoms with Crippen LogP contribution in [0, 0.1) is 0 Å². The Morgan fingerprint density at radius 3 is 2.48 bits per heavy atom. The van der Waals surface area contributed by atoms with Crippen molar-refractivity contribution in [3.63, 3.8) is 0 Å². The second kappa shape index (κ2) is 10.4. The summed E-state index contributed by atoms with van der Waals surface area (Å²) in [5, 5.41) is 14.3. The van der Waals surface area contributed by atoms with Gasteiger partial charge in [-0.1, -0.05) is 30.3 Å². The number of piperidine rings is 1. The smallest absolute Gasteiger partial charge is 0.121 e. The second-order valence-corrected chi connectivity index (χ2v) is 9.92. The summed E-state index contributed by atoms with van der Waals surface area (Å²) in [6, 6.07) is 15.2. The van der Waals surface area contributed by atoms with E-state index in [-0.39, 0.29) is 6.10 Å². The molecule has 0 aromatic heterocycles. The van der Waals surface area contributed by atoms with Crippen molar-refractivity contribution < 1.29 is 9.84 Å². The Morgan fingerprint density at radius 2 is 1.67 bits per heavy atom. The molecule has 0 spiro atoms. The molecule has 0 saturated carbocycles. The van der Waals surface area contributed by atoms with Gasteiger partial charge in [0, 0.05) is 64.6 Å². The minimum absolute atomic E-state index is 0.314. The van der Waals surface area contributed by atoms with Crippen molar-refractivity contribution in [3.8, 4) is 5.75 Å². The summed E-state index contributed by atoms with van der Waals surface area (Å²) in [7, 11) is 2.16. The van der Waals surface area contributed by atoms with Crippen molar-refractivity contribution in [2.24, 2.45) is 0 Å². The fourth-order valence-corrected chi connectivity index (χ4v) is 5.46. The Morgan fingerprint density at radius 1 is 0.939 bits per heavy atom. The fraction of sp³-hybridized carbons (Fsp3) is 0.556. The molecule has 0 aliphatic carbocycles. The van der Waals surface area contributed by atoms with Crippen LogP contribution in [0.1, 0.15) is 29.5 Å². The van der Waals surface area contributed by atoms with Gasteiger partial charge in [-0.2, -0.15) is 0 Å². The number of fused-ring (bicyclic) bond motifs is 2. The van der Waals surface area contributed by atoms with Crippen LogP contribution >= 0.6 is 0 Å². The Kier molecular flexibility index (Phi) is 7.16. The minimum atomic E-state index is -0.343. The van der Waals surface area contributed by atoms with Gasteiger partial charge in [-0.25, -0.2) is 0 Å². The Labute approximate surface area is 198 Å². The molecule has 1 unspecified atom stereocenters. The maximum atomic E-state index is 10.9. The molecular formula is C27H38N4O2. The summed E-state index contributed by atoms with van der Waals surface area (Å²) in [5.41, 5.74) is 5.43. The standard InChI is InChI=1S/C27H38N4O2/c1-29-14-15-31(20-24(32)19-30-13-10-21-4-2-3-5-22(21)17-30)18-23-6-7-26(16-27(23)29)33-25-8-11-28-12-9-25/h2-7,16,24-25,28,32H,8-15,17-20H2,1H3. The zero-order valence-electron chi connectivity index (χ0n) is 19.9. The molecule has 3 aliphatic rings.